The molecule has 0 aliphatic heterocycles. The van der Waals surface area contributed by atoms with Crippen LogP contribution in [-0.2, 0) is 4.74 Å². The SMILES string of the molecule is CCOC(=O)c1cnn(-c2c(F)cccc2C(C)N)c1. The van der Waals surface area contributed by atoms with E-state index in [-0.39, 0.29) is 23.9 Å². The summed E-state index contributed by atoms with van der Waals surface area (Å²) < 4.78 is 20.2. The minimum absolute atomic E-state index is 0.248. The highest BCUT2D eigenvalue weighted by Crippen LogP contribution is 2.23. The van der Waals surface area contributed by atoms with E-state index in [0.29, 0.717) is 5.56 Å². The molecule has 2 aromatic rings. The number of nitrogens with two attached hydrogens (primary N) is 1. The number of carbonyl (C=O) groups is 1. The third-order valence-corrected chi connectivity index (χ3v) is 2.83. The Morgan fingerprint density at radius 3 is 2.95 bits per heavy atom. The minimum Gasteiger partial charge on any atom is -0.462 e. The Morgan fingerprint density at radius 2 is 2.30 bits per heavy atom. The molecule has 0 saturated heterocycles. The number of benzene rings is 1. The molecule has 0 fully saturated rings. The number of nitrogens with zero attached hydrogens (tertiary/aromatic N) is 2. The first kappa shape index (κ1) is 14.2. The first-order valence-corrected chi connectivity index (χ1v) is 6.30. The maximum Gasteiger partial charge on any atom is 0.341 e. The van der Waals surface area contributed by atoms with Crippen LogP contribution in [0.15, 0.2) is 30.6 Å². The Bertz CT molecular complexity index is 623. The second kappa shape index (κ2) is 5.83. The first-order chi connectivity index (χ1) is 9.54. The average Bonchev–Trinajstić information content (AvgIpc) is 2.88. The van der Waals surface area contributed by atoms with Gasteiger partial charge in [-0.2, -0.15) is 5.10 Å². The lowest BCUT2D eigenvalue weighted by Crippen LogP contribution is -2.12. The number of halogens is 1. The molecule has 0 aliphatic rings. The predicted molar refractivity (Wildman–Crippen MR) is 72.1 cm³/mol. The van der Waals surface area contributed by atoms with Gasteiger partial charge in [-0.05, 0) is 25.5 Å². The topological polar surface area (TPSA) is 70.1 Å². The average molecular weight is 277 g/mol. The molecule has 0 bridgehead atoms. The van der Waals surface area contributed by atoms with E-state index in [1.165, 1.54) is 23.1 Å². The van der Waals surface area contributed by atoms with Crippen LogP contribution in [0, 0.1) is 5.82 Å². The number of hydrogen-bond donors (Lipinski definition) is 1. The Hall–Kier alpha value is -2.21. The molecule has 2 rings (SSSR count). The van der Waals surface area contributed by atoms with Crippen LogP contribution >= 0.6 is 0 Å². The molecule has 0 aliphatic carbocycles. The zero-order valence-corrected chi connectivity index (χ0v) is 11.3. The van der Waals surface area contributed by atoms with E-state index in [1.54, 1.807) is 26.0 Å². The number of esters is 1. The largest absolute Gasteiger partial charge is 0.462 e. The van der Waals surface area contributed by atoms with Crippen LogP contribution < -0.4 is 5.73 Å². The van der Waals surface area contributed by atoms with Gasteiger partial charge in [0.15, 0.2) is 0 Å². The van der Waals surface area contributed by atoms with E-state index >= 15 is 0 Å². The summed E-state index contributed by atoms with van der Waals surface area (Å²) in [5.41, 5.74) is 6.97. The van der Waals surface area contributed by atoms with Crippen molar-refractivity contribution in [1.29, 1.82) is 0 Å². The fourth-order valence-electron chi connectivity index (χ4n) is 1.91. The fourth-order valence-corrected chi connectivity index (χ4v) is 1.91. The van der Waals surface area contributed by atoms with Crippen molar-refractivity contribution in [1.82, 2.24) is 9.78 Å². The van der Waals surface area contributed by atoms with Crippen molar-refractivity contribution in [3.63, 3.8) is 0 Å². The van der Waals surface area contributed by atoms with Crippen LogP contribution in [0.2, 0.25) is 0 Å². The molecule has 106 valence electrons. The van der Waals surface area contributed by atoms with Crippen LogP contribution in [0.5, 0.6) is 0 Å². The lowest BCUT2D eigenvalue weighted by atomic mass is 10.1. The summed E-state index contributed by atoms with van der Waals surface area (Å²) in [6, 6.07) is 4.30. The number of carbonyl (C=O) groups excluding carboxylic acids is 1. The molecule has 20 heavy (non-hydrogen) atoms. The Labute approximate surface area is 116 Å². The Kier molecular flexibility index (Phi) is 4.14. The lowest BCUT2D eigenvalue weighted by molar-refractivity contribution is 0.0526. The van der Waals surface area contributed by atoms with Gasteiger partial charge in [0.2, 0.25) is 0 Å². The van der Waals surface area contributed by atoms with Crippen molar-refractivity contribution < 1.29 is 13.9 Å². The summed E-state index contributed by atoms with van der Waals surface area (Å²) in [4.78, 5) is 11.6. The summed E-state index contributed by atoms with van der Waals surface area (Å²) in [6.07, 6.45) is 2.78. The summed E-state index contributed by atoms with van der Waals surface area (Å²) in [5.74, 6) is -0.934. The lowest BCUT2D eigenvalue weighted by Gasteiger charge is -2.13. The third kappa shape index (κ3) is 2.70. The summed E-state index contributed by atoms with van der Waals surface area (Å²) >= 11 is 0. The maximum absolute atomic E-state index is 14.0. The highest BCUT2D eigenvalue weighted by atomic mass is 19.1. The normalized spacial score (nSPS) is 12.2. The van der Waals surface area contributed by atoms with Gasteiger partial charge < -0.3 is 10.5 Å². The maximum atomic E-state index is 14.0. The van der Waals surface area contributed by atoms with E-state index < -0.39 is 11.8 Å². The second-order valence-corrected chi connectivity index (χ2v) is 4.36. The summed E-state index contributed by atoms with van der Waals surface area (Å²) in [5, 5.41) is 4.01. The quantitative estimate of drug-likeness (QED) is 0.870. The van der Waals surface area contributed by atoms with Crippen molar-refractivity contribution in [2.45, 2.75) is 19.9 Å². The van der Waals surface area contributed by atoms with Crippen molar-refractivity contribution in [3.05, 3.63) is 47.5 Å². The highest BCUT2D eigenvalue weighted by Gasteiger charge is 2.16. The standard InChI is InChI=1S/C14H16FN3O2/c1-3-20-14(19)10-7-17-18(8-10)13-11(9(2)16)5-4-6-12(13)15/h4-9H,3,16H2,1-2H3. The molecule has 0 saturated carbocycles. The molecule has 1 aromatic heterocycles. The number of hydrogen-bond acceptors (Lipinski definition) is 4. The molecule has 0 amide bonds. The van der Waals surface area contributed by atoms with Crippen molar-refractivity contribution in [3.8, 4) is 5.69 Å². The van der Waals surface area contributed by atoms with Crippen LogP contribution in [0.3, 0.4) is 0 Å². The molecule has 0 radical (unpaired) electrons. The van der Waals surface area contributed by atoms with Crippen LogP contribution in [0.1, 0.15) is 35.8 Å². The molecule has 0 spiro atoms. The molecule has 1 heterocycles. The molecule has 1 atom stereocenters. The molecular formula is C14H16FN3O2. The van der Waals surface area contributed by atoms with E-state index in [4.69, 9.17) is 10.5 Å². The third-order valence-electron chi connectivity index (χ3n) is 2.83. The zero-order valence-electron chi connectivity index (χ0n) is 11.3. The molecule has 5 nitrogen and oxygen atoms in total. The van der Waals surface area contributed by atoms with Gasteiger partial charge in [0.25, 0.3) is 0 Å². The predicted octanol–water partition coefficient (Wildman–Crippen LogP) is 2.21. The van der Waals surface area contributed by atoms with Crippen LogP contribution in [-0.4, -0.2) is 22.4 Å². The van der Waals surface area contributed by atoms with E-state index in [1.807, 2.05) is 0 Å². The van der Waals surface area contributed by atoms with Crippen molar-refractivity contribution >= 4 is 5.97 Å². The fraction of sp³-hybridized carbons (Fsp3) is 0.286. The van der Waals surface area contributed by atoms with Gasteiger partial charge in [-0.1, -0.05) is 12.1 Å². The van der Waals surface area contributed by atoms with E-state index in [0.717, 1.165) is 0 Å². The van der Waals surface area contributed by atoms with Gasteiger partial charge in [0.05, 0.1) is 18.4 Å². The minimum atomic E-state index is -0.488. The first-order valence-electron chi connectivity index (χ1n) is 6.30. The smallest absolute Gasteiger partial charge is 0.341 e. The Balaban J connectivity index is 2.45. The zero-order chi connectivity index (χ0) is 14.7. The number of ether oxygens (including phenoxy) is 1. The molecular weight excluding hydrogens is 261 g/mol. The number of rotatable bonds is 4. The number of aromatic nitrogens is 2. The monoisotopic (exact) mass is 277 g/mol. The highest BCUT2D eigenvalue weighted by molar-refractivity contribution is 5.88. The van der Waals surface area contributed by atoms with Gasteiger partial charge in [0.1, 0.15) is 11.5 Å². The van der Waals surface area contributed by atoms with Crippen molar-refractivity contribution in [2.75, 3.05) is 6.61 Å². The second-order valence-electron chi connectivity index (χ2n) is 4.36. The van der Waals surface area contributed by atoms with Crippen LogP contribution in [0.25, 0.3) is 5.69 Å². The molecule has 2 N–H and O–H groups in total. The van der Waals surface area contributed by atoms with Gasteiger partial charge in [0, 0.05) is 12.2 Å². The summed E-state index contributed by atoms with van der Waals surface area (Å²) in [7, 11) is 0. The van der Waals surface area contributed by atoms with Gasteiger partial charge in [-0.15, -0.1) is 0 Å². The van der Waals surface area contributed by atoms with E-state index in [9.17, 15) is 9.18 Å². The molecule has 6 heteroatoms. The molecule has 1 unspecified atom stereocenters. The van der Waals surface area contributed by atoms with Gasteiger partial charge >= 0.3 is 5.97 Å². The Morgan fingerprint density at radius 1 is 1.55 bits per heavy atom. The number of para-hydroxylation sites is 1. The summed E-state index contributed by atoms with van der Waals surface area (Å²) in [6.45, 7) is 3.75. The van der Waals surface area contributed by atoms with Gasteiger partial charge in [-0.25, -0.2) is 13.9 Å². The van der Waals surface area contributed by atoms with Crippen LogP contribution in [0.4, 0.5) is 4.39 Å². The van der Waals surface area contributed by atoms with Crippen molar-refractivity contribution in [2.24, 2.45) is 5.73 Å². The molecule has 1 aromatic carbocycles. The van der Waals surface area contributed by atoms with Gasteiger partial charge in [-0.3, -0.25) is 0 Å². The van der Waals surface area contributed by atoms with E-state index in [2.05, 4.69) is 5.10 Å².